The summed E-state index contributed by atoms with van der Waals surface area (Å²) < 4.78 is 7.99. The summed E-state index contributed by atoms with van der Waals surface area (Å²) in [5.41, 5.74) is 22.6. The van der Waals surface area contributed by atoms with Gasteiger partial charge in [-0.15, -0.1) is 0 Å². The lowest BCUT2D eigenvalue weighted by molar-refractivity contribution is 0.590. The van der Waals surface area contributed by atoms with E-state index in [-0.39, 0.29) is 33.9 Å². The molecule has 0 spiro atoms. The average Bonchev–Trinajstić information content (AvgIpc) is 4.02. The van der Waals surface area contributed by atoms with Crippen molar-refractivity contribution in [3.63, 3.8) is 0 Å². The molecule has 5 heteroatoms. The van der Waals surface area contributed by atoms with E-state index in [1.165, 1.54) is 122 Å². The molecule has 0 atom stereocenters. The van der Waals surface area contributed by atoms with Crippen LogP contribution < -0.4 is 15.8 Å². The first-order valence-electron chi connectivity index (χ1n) is 27.4. The van der Waals surface area contributed by atoms with Gasteiger partial charge in [-0.2, -0.15) is 0 Å². The van der Waals surface area contributed by atoms with Gasteiger partial charge in [-0.25, -0.2) is 0 Å². The number of rotatable bonds is 3. The van der Waals surface area contributed by atoms with Crippen molar-refractivity contribution >= 4 is 89.5 Å². The molecule has 0 unspecified atom stereocenters. The van der Waals surface area contributed by atoms with Crippen LogP contribution in [0, 0.1) is 0 Å². The Balaban J connectivity index is 1.31. The van der Waals surface area contributed by atoms with Crippen molar-refractivity contribution in [3.05, 3.63) is 186 Å². The highest BCUT2D eigenvalue weighted by Crippen LogP contribution is 2.53. The fourth-order valence-corrected chi connectivity index (χ4v) is 12.7. The summed E-state index contributed by atoms with van der Waals surface area (Å²) in [7, 11) is 0. The van der Waals surface area contributed by atoms with Gasteiger partial charge in [-0.05, 0) is 156 Å². The zero-order valence-corrected chi connectivity index (χ0v) is 46.9. The van der Waals surface area contributed by atoms with Gasteiger partial charge in [-0.1, -0.05) is 177 Å². The molecule has 11 aromatic rings. The van der Waals surface area contributed by atoms with Gasteiger partial charge < -0.3 is 9.05 Å². The maximum atomic E-state index is 2.81. The van der Waals surface area contributed by atoms with Crippen LogP contribution in [0.1, 0.15) is 132 Å². The van der Waals surface area contributed by atoms with Crippen molar-refractivity contribution in [2.75, 3.05) is 4.90 Å². The standard InChI is InChI=1S/C70H71BN4/c1-66(2,3)42-26-31-49(32-27-42)74-59-40-46(70(13,14)15)39-55-60-63-52(50-36-43(67(4,5)6)28-33-56(50)72(63)47-22-18-16-19-23-47)41-53-51-37-44(68(7,8)9)30-35-58(51)75(64(53)60)71(61(55)59)62-54-38-45(69(10,11)12)29-34-57(54)73(65(62)74)48-24-20-17-21-25-48/h16-41H,1-15H3. The lowest BCUT2D eigenvalue weighted by Gasteiger charge is -2.41. The van der Waals surface area contributed by atoms with Crippen LogP contribution in [0.4, 0.5) is 17.2 Å². The van der Waals surface area contributed by atoms with E-state index in [1.807, 2.05) is 0 Å². The Morgan fingerprint density at radius 2 is 0.787 bits per heavy atom. The highest BCUT2D eigenvalue weighted by molar-refractivity contribution is 6.92. The SMILES string of the molecule is CC(C)(C)c1ccc(N2c3cc(C(C)(C)C)cc4c3B(c3c2n(-c2ccccc2)c2ccc(C(C)(C)C)cc32)n2c3ccc(C(C)(C)C)cc3c3cc5c6cc(C(C)(C)C)ccc6n(-c6ccccc6)c5c-4c32)cc1. The molecule has 75 heavy (non-hydrogen) atoms. The summed E-state index contributed by atoms with van der Waals surface area (Å²) in [6.45, 7) is 35.1. The molecule has 8 aromatic carbocycles. The summed E-state index contributed by atoms with van der Waals surface area (Å²) in [5, 5.41) is 6.49. The Morgan fingerprint density at radius 3 is 1.32 bits per heavy atom. The van der Waals surface area contributed by atoms with Crippen LogP contribution in [0.3, 0.4) is 0 Å². The molecule has 2 aliphatic heterocycles. The third-order valence-corrected chi connectivity index (χ3v) is 17.0. The van der Waals surface area contributed by atoms with Gasteiger partial charge in [0.2, 0.25) is 0 Å². The maximum Gasteiger partial charge on any atom is 0.335 e. The Bertz CT molecular complexity index is 4160. The second kappa shape index (κ2) is 15.7. The summed E-state index contributed by atoms with van der Waals surface area (Å²) in [4.78, 5) is 2.66. The fraction of sp³-hybridized carbons (Fsp3) is 0.286. The lowest BCUT2D eigenvalue weighted by atomic mass is 9.45. The van der Waals surface area contributed by atoms with Gasteiger partial charge >= 0.3 is 6.85 Å². The predicted molar refractivity (Wildman–Crippen MR) is 325 cm³/mol. The van der Waals surface area contributed by atoms with Crippen LogP contribution in [-0.4, -0.2) is 20.5 Å². The third kappa shape index (κ3) is 7.02. The molecule has 0 N–H and O–H groups in total. The van der Waals surface area contributed by atoms with E-state index in [1.54, 1.807) is 0 Å². The number of anilines is 3. The van der Waals surface area contributed by atoms with Crippen molar-refractivity contribution in [1.29, 1.82) is 0 Å². The number of fused-ring (bicyclic) bond motifs is 13. The van der Waals surface area contributed by atoms with Gasteiger partial charge in [0, 0.05) is 66.4 Å². The molecule has 0 saturated heterocycles. The molecule has 0 saturated carbocycles. The zero-order chi connectivity index (χ0) is 52.6. The van der Waals surface area contributed by atoms with E-state index >= 15 is 0 Å². The summed E-state index contributed by atoms with van der Waals surface area (Å²) in [5.74, 6) is 1.19. The molecule has 0 radical (unpaired) electrons. The lowest BCUT2D eigenvalue weighted by Crippen LogP contribution is -2.57. The van der Waals surface area contributed by atoms with Crippen LogP contribution in [0.25, 0.3) is 77.0 Å². The first-order chi connectivity index (χ1) is 35.4. The Kier molecular flexibility index (Phi) is 9.92. The average molecular weight is 979 g/mol. The van der Waals surface area contributed by atoms with Gasteiger partial charge in [0.1, 0.15) is 5.82 Å². The van der Waals surface area contributed by atoms with Crippen molar-refractivity contribution in [2.24, 2.45) is 0 Å². The molecule has 3 aromatic heterocycles. The topological polar surface area (TPSA) is 18.0 Å². The highest BCUT2D eigenvalue weighted by atomic mass is 15.3. The first kappa shape index (κ1) is 47.5. The molecular formula is C70H71BN4. The minimum atomic E-state index is -0.177. The minimum Gasteiger partial charge on any atom is -0.375 e. The van der Waals surface area contributed by atoms with E-state index in [2.05, 4.69) is 280 Å². The Morgan fingerprint density at radius 1 is 0.333 bits per heavy atom. The molecule has 0 bridgehead atoms. The predicted octanol–water partition coefficient (Wildman–Crippen LogP) is 17.7. The molecule has 13 rings (SSSR count). The molecule has 4 nitrogen and oxygen atoms in total. The molecule has 374 valence electrons. The number of benzene rings is 8. The molecule has 0 fully saturated rings. The van der Waals surface area contributed by atoms with E-state index < -0.39 is 0 Å². The normalized spacial score (nSPS) is 14.0. The van der Waals surface area contributed by atoms with Crippen LogP contribution in [0.5, 0.6) is 0 Å². The van der Waals surface area contributed by atoms with Crippen LogP contribution in [-0.2, 0) is 27.1 Å². The second-order valence-electron chi connectivity index (χ2n) is 27.2. The smallest absolute Gasteiger partial charge is 0.335 e. The number of hydrogen-bond acceptors (Lipinski definition) is 1. The fourth-order valence-electron chi connectivity index (χ4n) is 12.7. The second-order valence-corrected chi connectivity index (χ2v) is 27.2. The van der Waals surface area contributed by atoms with Gasteiger partial charge in [0.05, 0.1) is 16.6 Å². The summed E-state index contributed by atoms with van der Waals surface area (Å²) >= 11 is 0. The van der Waals surface area contributed by atoms with Crippen molar-refractivity contribution in [3.8, 4) is 22.5 Å². The minimum absolute atomic E-state index is 0.00205. The number of nitrogens with zero attached hydrogens (tertiary/aromatic N) is 4. The van der Waals surface area contributed by atoms with Gasteiger partial charge in [0.25, 0.3) is 0 Å². The van der Waals surface area contributed by atoms with Gasteiger partial charge in [0.15, 0.2) is 0 Å². The molecule has 5 heterocycles. The zero-order valence-electron chi connectivity index (χ0n) is 46.9. The molecule has 0 amide bonds. The highest BCUT2D eigenvalue weighted by Gasteiger charge is 2.48. The number of aromatic nitrogens is 3. The quantitative estimate of drug-likeness (QED) is 0.161. The van der Waals surface area contributed by atoms with Crippen LogP contribution >= 0.6 is 0 Å². The maximum absolute atomic E-state index is 2.81. The van der Waals surface area contributed by atoms with E-state index in [4.69, 9.17) is 0 Å². The monoisotopic (exact) mass is 979 g/mol. The first-order valence-corrected chi connectivity index (χ1v) is 27.4. The van der Waals surface area contributed by atoms with E-state index in [9.17, 15) is 0 Å². The van der Waals surface area contributed by atoms with E-state index in [0.717, 1.165) is 11.4 Å². The Hall–Kier alpha value is -7.24. The summed E-state index contributed by atoms with van der Waals surface area (Å²) in [6.07, 6.45) is 0. The third-order valence-electron chi connectivity index (χ3n) is 17.0. The number of para-hydroxylation sites is 2. The molecule has 0 aliphatic carbocycles. The number of hydrogen-bond donors (Lipinski definition) is 0. The van der Waals surface area contributed by atoms with Crippen LogP contribution in [0.2, 0.25) is 0 Å². The Labute approximate surface area is 444 Å². The van der Waals surface area contributed by atoms with Gasteiger partial charge in [-0.3, -0.25) is 9.47 Å². The van der Waals surface area contributed by atoms with Crippen molar-refractivity contribution in [2.45, 2.75) is 131 Å². The summed E-state index contributed by atoms with van der Waals surface area (Å²) in [6, 6.07) is 61.6. The van der Waals surface area contributed by atoms with Crippen molar-refractivity contribution < 1.29 is 0 Å². The largest absolute Gasteiger partial charge is 0.375 e. The molecular weight excluding hydrogens is 908 g/mol. The van der Waals surface area contributed by atoms with Crippen LogP contribution in [0.15, 0.2) is 158 Å². The molecule has 2 aliphatic rings. The van der Waals surface area contributed by atoms with E-state index in [0.29, 0.717) is 0 Å². The van der Waals surface area contributed by atoms with Crippen molar-refractivity contribution in [1.82, 2.24) is 13.6 Å².